The summed E-state index contributed by atoms with van der Waals surface area (Å²) in [5.74, 6) is 2.90. The molecule has 1 N–H and O–H groups in total. The van der Waals surface area contributed by atoms with E-state index in [2.05, 4.69) is 42.0 Å². The summed E-state index contributed by atoms with van der Waals surface area (Å²) >= 11 is 11.4. The van der Waals surface area contributed by atoms with Crippen molar-refractivity contribution in [2.45, 2.75) is 64.8 Å². The van der Waals surface area contributed by atoms with Gasteiger partial charge in [0.2, 0.25) is 11.1 Å². The molecular weight excluding hydrogens is 600 g/mol. The molecule has 2 heterocycles. The molecule has 1 aromatic heterocycles. The number of anilines is 1. The van der Waals surface area contributed by atoms with E-state index < -0.39 is 6.04 Å². The predicted molar refractivity (Wildman–Crippen MR) is 159 cm³/mol. The molecule has 0 fully saturated rings. The third-order valence-corrected chi connectivity index (χ3v) is 8.58. The number of nitrogens with one attached hydrogen (secondary N) is 1. The minimum atomic E-state index is -0.427. The molecule has 0 bridgehead atoms. The van der Waals surface area contributed by atoms with E-state index in [0.717, 1.165) is 45.5 Å². The van der Waals surface area contributed by atoms with Crippen molar-refractivity contribution >= 4 is 51.0 Å². The molecule has 1 aliphatic heterocycles. The van der Waals surface area contributed by atoms with Crippen molar-refractivity contribution in [2.24, 2.45) is 5.41 Å². The molecule has 0 saturated carbocycles. The second-order valence-electron chi connectivity index (χ2n) is 10.5. The van der Waals surface area contributed by atoms with E-state index in [9.17, 15) is 4.79 Å². The molecular formula is C29H32BrClN4O3S. The van der Waals surface area contributed by atoms with Gasteiger partial charge in [-0.2, -0.15) is 4.98 Å². The van der Waals surface area contributed by atoms with Crippen LogP contribution in [0.2, 0.25) is 5.02 Å². The van der Waals surface area contributed by atoms with Crippen LogP contribution < -0.4 is 14.8 Å². The van der Waals surface area contributed by atoms with Gasteiger partial charge in [0.25, 0.3) is 0 Å². The second kappa shape index (κ2) is 11.6. The normalized spacial score (nSPS) is 17.9. The molecule has 0 radical (unpaired) electrons. The number of Topliss-reactive ketones (excluding diaryl/α,β-unsaturated/α-hetero) is 1. The fourth-order valence-corrected chi connectivity index (χ4v) is 6.42. The van der Waals surface area contributed by atoms with Gasteiger partial charge in [-0.1, -0.05) is 56.3 Å². The minimum absolute atomic E-state index is 0.125. The van der Waals surface area contributed by atoms with Crippen molar-refractivity contribution < 1.29 is 14.3 Å². The van der Waals surface area contributed by atoms with Gasteiger partial charge in [-0.15, -0.1) is 5.10 Å². The van der Waals surface area contributed by atoms with Crippen LogP contribution in [-0.4, -0.2) is 32.9 Å². The highest BCUT2D eigenvalue weighted by molar-refractivity contribution is 9.10. The molecule has 3 aromatic rings. The predicted octanol–water partition coefficient (Wildman–Crippen LogP) is 7.83. The zero-order valence-electron chi connectivity index (χ0n) is 22.5. The first-order valence-corrected chi connectivity index (χ1v) is 15.3. The van der Waals surface area contributed by atoms with Crippen LogP contribution in [-0.2, 0) is 11.4 Å². The highest BCUT2D eigenvalue weighted by Crippen LogP contribution is 2.48. The first-order valence-electron chi connectivity index (χ1n) is 13.1. The average Bonchev–Trinajstić information content (AvgIpc) is 3.28. The van der Waals surface area contributed by atoms with Crippen LogP contribution in [0.4, 0.5) is 5.95 Å². The summed E-state index contributed by atoms with van der Waals surface area (Å²) in [5.41, 5.74) is 3.40. The van der Waals surface area contributed by atoms with Crippen LogP contribution in [0.1, 0.15) is 64.1 Å². The van der Waals surface area contributed by atoms with Crippen molar-refractivity contribution in [1.82, 2.24) is 14.8 Å². The lowest BCUT2D eigenvalue weighted by Gasteiger charge is -2.38. The standard InChI is InChI=1S/C29H32BrClN4O3S/c1-5-11-39-28-33-27-32-21-14-29(3,4)15-22(36)24(21)25(35(27)34-28)18-12-20(30)26(23(13-18)37-6-2)38-16-17-7-9-19(31)10-8-17/h7-10,12-13,25H,5-6,11,14-16H2,1-4H3,(H,32,33,34). The Kier molecular flexibility index (Phi) is 8.31. The summed E-state index contributed by atoms with van der Waals surface area (Å²) in [6, 6.07) is 11.1. The molecule has 0 saturated heterocycles. The first kappa shape index (κ1) is 28.1. The number of ketones is 1. The topological polar surface area (TPSA) is 78.3 Å². The number of fused-ring (bicyclic) bond motifs is 1. The number of carbonyl (C=O) groups excluding carboxylic acids is 1. The number of ether oxygens (including phenoxy) is 2. The van der Waals surface area contributed by atoms with E-state index in [0.29, 0.717) is 47.3 Å². The van der Waals surface area contributed by atoms with E-state index in [1.165, 1.54) is 0 Å². The SMILES string of the molecule is CCCSc1nc2n(n1)C(c1cc(Br)c(OCc3ccc(Cl)cc3)c(OCC)c1)C1=C(CC(C)(C)CC1=O)N2. The van der Waals surface area contributed by atoms with Crippen LogP contribution in [0.15, 0.2) is 57.3 Å². The van der Waals surface area contributed by atoms with Gasteiger partial charge in [0.15, 0.2) is 17.3 Å². The van der Waals surface area contributed by atoms with Crippen molar-refractivity contribution in [1.29, 1.82) is 0 Å². The van der Waals surface area contributed by atoms with Crippen LogP contribution in [0.5, 0.6) is 11.5 Å². The number of rotatable bonds is 9. The summed E-state index contributed by atoms with van der Waals surface area (Å²) in [5, 5.41) is 9.66. The van der Waals surface area contributed by atoms with Gasteiger partial charge in [-0.25, -0.2) is 4.68 Å². The number of allylic oxidation sites excluding steroid dienone is 2. The Morgan fingerprint density at radius 3 is 2.67 bits per heavy atom. The minimum Gasteiger partial charge on any atom is -0.490 e. The average molecular weight is 632 g/mol. The number of carbonyl (C=O) groups is 1. The summed E-state index contributed by atoms with van der Waals surface area (Å²) in [4.78, 5) is 18.4. The first-order chi connectivity index (χ1) is 18.7. The summed E-state index contributed by atoms with van der Waals surface area (Å²) in [7, 11) is 0. The van der Waals surface area contributed by atoms with E-state index in [1.807, 2.05) is 48.0 Å². The van der Waals surface area contributed by atoms with Crippen LogP contribution >= 0.6 is 39.3 Å². The Bertz CT molecular complexity index is 1420. The van der Waals surface area contributed by atoms with E-state index in [-0.39, 0.29) is 11.2 Å². The highest BCUT2D eigenvalue weighted by Gasteiger charge is 2.42. The zero-order valence-corrected chi connectivity index (χ0v) is 25.7. The summed E-state index contributed by atoms with van der Waals surface area (Å²) in [6.07, 6.45) is 2.26. The smallest absolute Gasteiger partial charge is 0.227 e. The fraction of sp³-hybridized carbons (Fsp3) is 0.414. The quantitative estimate of drug-likeness (QED) is 0.241. The molecule has 7 nitrogen and oxygen atoms in total. The number of halogens is 2. The number of nitrogens with zero attached hydrogens (tertiary/aromatic N) is 3. The third kappa shape index (κ3) is 6.00. The molecule has 2 aromatic carbocycles. The van der Waals surface area contributed by atoms with Crippen molar-refractivity contribution in [2.75, 3.05) is 17.7 Å². The molecule has 0 spiro atoms. The number of benzene rings is 2. The molecule has 39 heavy (non-hydrogen) atoms. The molecule has 1 unspecified atom stereocenters. The Labute approximate surface area is 246 Å². The lowest BCUT2D eigenvalue weighted by atomic mass is 9.73. The van der Waals surface area contributed by atoms with Gasteiger partial charge in [0.1, 0.15) is 12.6 Å². The lowest BCUT2D eigenvalue weighted by Crippen LogP contribution is -2.36. The molecule has 0 amide bonds. The zero-order chi connectivity index (χ0) is 27.7. The number of aromatic nitrogens is 3. The molecule has 10 heteroatoms. The maximum Gasteiger partial charge on any atom is 0.227 e. The van der Waals surface area contributed by atoms with Gasteiger partial charge in [-0.3, -0.25) is 4.79 Å². The van der Waals surface area contributed by atoms with Crippen LogP contribution in [0, 0.1) is 5.41 Å². The van der Waals surface area contributed by atoms with E-state index in [1.54, 1.807) is 11.8 Å². The number of hydrogen-bond acceptors (Lipinski definition) is 7. The lowest BCUT2D eigenvalue weighted by molar-refractivity contribution is -0.118. The maximum atomic E-state index is 13.6. The largest absolute Gasteiger partial charge is 0.490 e. The monoisotopic (exact) mass is 630 g/mol. The molecule has 5 rings (SSSR count). The van der Waals surface area contributed by atoms with Crippen LogP contribution in [0.25, 0.3) is 0 Å². The number of thioether (sulfide) groups is 1. The molecule has 1 aliphatic carbocycles. The maximum absolute atomic E-state index is 13.6. The Morgan fingerprint density at radius 1 is 1.18 bits per heavy atom. The number of hydrogen-bond donors (Lipinski definition) is 1. The molecule has 206 valence electrons. The van der Waals surface area contributed by atoms with E-state index >= 15 is 0 Å². The van der Waals surface area contributed by atoms with Gasteiger partial charge >= 0.3 is 0 Å². The second-order valence-corrected chi connectivity index (χ2v) is 12.9. The Hall–Kier alpha value is -2.49. The van der Waals surface area contributed by atoms with Gasteiger partial charge < -0.3 is 14.8 Å². The fourth-order valence-electron chi connectivity index (χ4n) is 5.04. The third-order valence-electron chi connectivity index (χ3n) is 6.69. The molecule has 2 aliphatic rings. The Balaban J connectivity index is 1.57. The molecule has 1 atom stereocenters. The van der Waals surface area contributed by atoms with Crippen molar-refractivity contribution in [3.8, 4) is 11.5 Å². The van der Waals surface area contributed by atoms with E-state index in [4.69, 9.17) is 31.2 Å². The van der Waals surface area contributed by atoms with Gasteiger partial charge in [0, 0.05) is 28.5 Å². The van der Waals surface area contributed by atoms with Crippen molar-refractivity contribution in [3.63, 3.8) is 0 Å². The summed E-state index contributed by atoms with van der Waals surface area (Å²) < 4.78 is 14.9. The highest BCUT2D eigenvalue weighted by atomic mass is 79.9. The Morgan fingerprint density at radius 2 is 1.95 bits per heavy atom. The van der Waals surface area contributed by atoms with Gasteiger partial charge in [0.05, 0.1) is 11.1 Å². The van der Waals surface area contributed by atoms with Crippen LogP contribution in [0.3, 0.4) is 0 Å². The van der Waals surface area contributed by atoms with Crippen molar-refractivity contribution in [3.05, 3.63) is 68.3 Å². The van der Waals surface area contributed by atoms with Gasteiger partial charge in [-0.05, 0) is 76.5 Å². The summed E-state index contributed by atoms with van der Waals surface area (Å²) in [6.45, 7) is 9.15.